The molecular weight excluding hydrogens is 273 g/mol. The van der Waals surface area contributed by atoms with Crippen LogP contribution in [0.4, 0.5) is 0 Å². The van der Waals surface area contributed by atoms with Gasteiger partial charge >= 0.3 is 0 Å². The van der Waals surface area contributed by atoms with Gasteiger partial charge in [-0.2, -0.15) is 0 Å². The van der Waals surface area contributed by atoms with E-state index in [0.717, 1.165) is 12.0 Å². The van der Waals surface area contributed by atoms with Gasteiger partial charge in [0.2, 0.25) is 0 Å². The van der Waals surface area contributed by atoms with Crippen molar-refractivity contribution in [2.45, 2.75) is 25.8 Å². The molecule has 3 nitrogen and oxygen atoms in total. The summed E-state index contributed by atoms with van der Waals surface area (Å²) in [7, 11) is 1.63. The van der Waals surface area contributed by atoms with Crippen molar-refractivity contribution >= 4 is 23.2 Å². The molecule has 1 aromatic carbocycles. The van der Waals surface area contributed by atoms with Crippen LogP contribution in [0.1, 0.15) is 18.9 Å². The first-order valence-corrected chi connectivity index (χ1v) is 6.69. The topological polar surface area (TPSA) is 44.5 Å². The number of nitrogens with two attached hydrogens (primary N) is 1. The smallest absolute Gasteiger partial charge is 0.141 e. The lowest BCUT2D eigenvalue weighted by molar-refractivity contribution is 0.146. The van der Waals surface area contributed by atoms with Crippen LogP contribution in [0.15, 0.2) is 12.1 Å². The summed E-state index contributed by atoms with van der Waals surface area (Å²) in [5.41, 5.74) is 6.90. The van der Waals surface area contributed by atoms with Crippen molar-refractivity contribution in [1.82, 2.24) is 0 Å². The van der Waals surface area contributed by atoms with E-state index >= 15 is 0 Å². The molecule has 0 aliphatic heterocycles. The predicted molar refractivity (Wildman–Crippen MR) is 75.8 cm³/mol. The molecule has 0 bridgehead atoms. The summed E-state index contributed by atoms with van der Waals surface area (Å²) in [6.45, 7) is 3.01. The summed E-state index contributed by atoms with van der Waals surface area (Å²) in [5, 5.41) is 1.11. The highest BCUT2D eigenvalue weighted by Gasteiger charge is 2.13. The van der Waals surface area contributed by atoms with Crippen LogP contribution in [0.25, 0.3) is 0 Å². The highest BCUT2D eigenvalue weighted by molar-refractivity contribution is 6.35. The summed E-state index contributed by atoms with van der Waals surface area (Å²) in [6.07, 6.45) is 1.58. The lowest BCUT2D eigenvalue weighted by Crippen LogP contribution is -2.22. The van der Waals surface area contributed by atoms with Crippen LogP contribution >= 0.6 is 23.2 Å². The molecule has 0 fully saturated rings. The molecule has 0 radical (unpaired) electrons. The first-order valence-electron chi connectivity index (χ1n) is 5.93. The average molecular weight is 292 g/mol. The van der Waals surface area contributed by atoms with Crippen LogP contribution in [-0.4, -0.2) is 26.4 Å². The summed E-state index contributed by atoms with van der Waals surface area (Å²) in [5.74, 6) is 0.655. The summed E-state index contributed by atoms with van der Waals surface area (Å²) in [6, 6.07) is 3.60. The lowest BCUT2D eigenvalue weighted by atomic mass is 10.0. The Morgan fingerprint density at radius 2 is 2.00 bits per heavy atom. The highest BCUT2D eigenvalue weighted by Crippen LogP contribution is 2.33. The Morgan fingerprint density at radius 1 is 1.28 bits per heavy atom. The van der Waals surface area contributed by atoms with Gasteiger partial charge < -0.3 is 15.2 Å². The number of benzene rings is 1. The number of hydrogen-bond donors (Lipinski definition) is 1. The zero-order valence-electron chi connectivity index (χ0n) is 10.7. The molecular formula is C13H19Cl2NO2. The fraction of sp³-hybridized carbons (Fsp3) is 0.538. The molecule has 0 amide bonds. The maximum absolute atomic E-state index is 6.15. The Morgan fingerprint density at radius 3 is 2.61 bits per heavy atom. The van der Waals surface area contributed by atoms with Crippen molar-refractivity contribution in [2.75, 3.05) is 20.3 Å². The molecule has 2 N–H and O–H groups in total. The third-order valence-corrected chi connectivity index (χ3v) is 3.12. The van der Waals surface area contributed by atoms with E-state index in [4.69, 9.17) is 38.4 Å². The van der Waals surface area contributed by atoms with E-state index in [0.29, 0.717) is 35.4 Å². The lowest BCUT2D eigenvalue weighted by Gasteiger charge is -2.16. The Hall–Kier alpha value is -0.480. The van der Waals surface area contributed by atoms with E-state index < -0.39 is 0 Å². The van der Waals surface area contributed by atoms with Crippen molar-refractivity contribution in [1.29, 1.82) is 0 Å². The quantitative estimate of drug-likeness (QED) is 0.784. The van der Waals surface area contributed by atoms with Crippen molar-refractivity contribution in [3.8, 4) is 5.75 Å². The normalized spacial score (nSPS) is 12.5. The van der Waals surface area contributed by atoms with Gasteiger partial charge in [0.15, 0.2) is 0 Å². The summed E-state index contributed by atoms with van der Waals surface area (Å²) >= 11 is 12.2. The van der Waals surface area contributed by atoms with E-state index in [9.17, 15) is 0 Å². The van der Waals surface area contributed by atoms with Crippen LogP contribution < -0.4 is 10.5 Å². The van der Waals surface area contributed by atoms with Gasteiger partial charge in [-0.3, -0.25) is 0 Å². The van der Waals surface area contributed by atoms with Crippen molar-refractivity contribution in [2.24, 2.45) is 5.73 Å². The molecule has 18 heavy (non-hydrogen) atoms. The Kier molecular flexibility index (Phi) is 6.79. The van der Waals surface area contributed by atoms with Gasteiger partial charge in [0.25, 0.3) is 0 Å². The minimum atomic E-state index is 0.0734. The molecule has 0 heterocycles. The molecule has 1 atom stereocenters. The van der Waals surface area contributed by atoms with E-state index in [-0.39, 0.29) is 6.04 Å². The molecule has 102 valence electrons. The maximum Gasteiger partial charge on any atom is 0.141 e. The van der Waals surface area contributed by atoms with Crippen LogP contribution in [0.2, 0.25) is 10.0 Å². The van der Waals surface area contributed by atoms with Crippen molar-refractivity contribution in [3.05, 3.63) is 27.7 Å². The van der Waals surface area contributed by atoms with Gasteiger partial charge in [-0.1, -0.05) is 30.1 Å². The molecule has 0 saturated carbocycles. The number of ether oxygens (including phenoxy) is 2. The zero-order chi connectivity index (χ0) is 13.5. The standard InChI is InChI=1S/C13H19Cl2NO2/c1-3-11(16)7-9-6-10(14)8-12(15)13(9)18-5-4-17-2/h6,8,11H,3-5,7,16H2,1-2H3. The summed E-state index contributed by atoms with van der Waals surface area (Å²) < 4.78 is 10.6. The van der Waals surface area contributed by atoms with Gasteiger partial charge in [-0.15, -0.1) is 0 Å². The zero-order valence-corrected chi connectivity index (χ0v) is 12.2. The van der Waals surface area contributed by atoms with Crippen LogP contribution in [0, 0.1) is 0 Å². The van der Waals surface area contributed by atoms with E-state index in [1.807, 2.05) is 13.0 Å². The van der Waals surface area contributed by atoms with Crippen LogP contribution in [0.5, 0.6) is 5.75 Å². The second-order valence-corrected chi connectivity index (χ2v) is 4.93. The van der Waals surface area contributed by atoms with Crippen LogP contribution in [0.3, 0.4) is 0 Å². The van der Waals surface area contributed by atoms with E-state index in [1.54, 1.807) is 13.2 Å². The van der Waals surface area contributed by atoms with Crippen LogP contribution in [-0.2, 0) is 11.2 Å². The number of methoxy groups -OCH3 is 1. The predicted octanol–water partition coefficient (Wildman–Crippen LogP) is 3.30. The Bertz CT molecular complexity index is 385. The second kappa shape index (κ2) is 7.85. The molecule has 1 aromatic rings. The van der Waals surface area contributed by atoms with Crippen molar-refractivity contribution < 1.29 is 9.47 Å². The molecule has 0 saturated heterocycles. The second-order valence-electron chi connectivity index (χ2n) is 4.09. The molecule has 5 heteroatoms. The largest absolute Gasteiger partial charge is 0.489 e. The SMILES string of the molecule is CCC(N)Cc1cc(Cl)cc(Cl)c1OCCOC. The molecule has 0 spiro atoms. The monoisotopic (exact) mass is 291 g/mol. The van der Waals surface area contributed by atoms with Gasteiger partial charge in [-0.25, -0.2) is 0 Å². The number of rotatable bonds is 7. The van der Waals surface area contributed by atoms with Gasteiger partial charge in [-0.05, 0) is 30.5 Å². The summed E-state index contributed by atoms with van der Waals surface area (Å²) in [4.78, 5) is 0. The van der Waals surface area contributed by atoms with E-state index in [1.165, 1.54) is 0 Å². The Labute approximate surface area is 118 Å². The first kappa shape index (κ1) is 15.6. The third-order valence-electron chi connectivity index (χ3n) is 2.63. The molecule has 0 aromatic heterocycles. The van der Waals surface area contributed by atoms with Gasteiger partial charge in [0.05, 0.1) is 11.6 Å². The Balaban J connectivity index is 2.89. The molecule has 0 aliphatic carbocycles. The third kappa shape index (κ3) is 4.65. The minimum Gasteiger partial charge on any atom is -0.489 e. The van der Waals surface area contributed by atoms with E-state index in [2.05, 4.69) is 0 Å². The molecule has 0 aliphatic rings. The molecule has 1 rings (SSSR count). The van der Waals surface area contributed by atoms with Gasteiger partial charge in [0, 0.05) is 18.2 Å². The fourth-order valence-electron chi connectivity index (χ4n) is 1.58. The van der Waals surface area contributed by atoms with Gasteiger partial charge in [0.1, 0.15) is 12.4 Å². The van der Waals surface area contributed by atoms with Crippen molar-refractivity contribution in [3.63, 3.8) is 0 Å². The number of halogens is 2. The number of hydrogen-bond acceptors (Lipinski definition) is 3. The average Bonchev–Trinajstić information content (AvgIpc) is 2.32. The highest BCUT2D eigenvalue weighted by atomic mass is 35.5. The maximum atomic E-state index is 6.15. The molecule has 1 unspecified atom stereocenters. The first-order chi connectivity index (χ1) is 8.58. The fourth-order valence-corrected chi connectivity index (χ4v) is 2.17. The minimum absolute atomic E-state index is 0.0734.